The third kappa shape index (κ3) is 2.69. The van der Waals surface area contributed by atoms with Crippen molar-refractivity contribution in [2.45, 2.75) is 43.8 Å². The number of hydrogen-bond donors (Lipinski definition) is 2. The van der Waals surface area contributed by atoms with Gasteiger partial charge in [0.25, 0.3) is 0 Å². The number of ketones is 1. The van der Waals surface area contributed by atoms with E-state index in [9.17, 15) is 23.5 Å². The molecule has 4 atom stereocenters. The van der Waals surface area contributed by atoms with Gasteiger partial charge in [-0.25, -0.2) is 13.6 Å². The van der Waals surface area contributed by atoms with E-state index in [1.54, 1.807) is 4.90 Å². The summed E-state index contributed by atoms with van der Waals surface area (Å²) in [4.78, 5) is 28.9. The van der Waals surface area contributed by atoms with Crippen molar-refractivity contribution in [3.05, 3.63) is 35.2 Å². The highest BCUT2D eigenvalue weighted by Gasteiger charge is 2.53. The van der Waals surface area contributed by atoms with E-state index >= 15 is 0 Å². The standard InChI is InChI=1S/C20H23F2N3O3/c21-11-6-13-17(14(22)7-11)25(12-3-4-12)19(16(18(13)26)20(27)28)24-8-10-2-1-5-23-15(10)9-24/h6-7,10,12-13,15,17,23H,1-5,8-9H2,(H,27,28). The number of fused-ring (bicyclic) bond motifs is 2. The number of allylic oxidation sites excluding steroid dienone is 2. The lowest BCUT2D eigenvalue weighted by Gasteiger charge is -2.46. The number of Topliss-reactive ketones (excluding diaryl/α,β-unsaturated/α-hetero) is 1. The summed E-state index contributed by atoms with van der Waals surface area (Å²) in [6, 6.07) is -0.725. The second-order valence-electron chi connectivity index (χ2n) is 8.43. The summed E-state index contributed by atoms with van der Waals surface area (Å²) in [7, 11) is 0. The molecular formula is C20H23F2N3O3. The molecule has 150 valence electrons. The van der Waals surface area contributed by atoms with E-state index in [1.165, 1.54) is 0 Å². The van der Waals surface area contributed by atoms with Crippen LogP contribution >= 0.6 is 0 Å². The summed E-state index contributed by atoms with van der Waals surface area (Å²) in [5.74, 6) is -3.98. The Hall–Kier alpha value is -2.22. The van der Waals surface area contributed by atoms with Crippen LogP contribution in [0.25, 0.3) is 0 Å². The molecule has 2 aliphatic carbocycles. The number of aliphatic carboxylic acids is 1. The smallest absolute Gasteiger partial charge is 0.343 e. The minimum Gasteiger partial charge on any atom is -0.477 e. The SMILES string of the molecule is O=C(O)C1=C(N2CC3CCCNC3C2)N(C2CC2)C2C(F)=CC(F)=CC2C1=O. The van der Waals surface area contributed by atoms with E-state index in [0.29, 0.717) is 24.8 Å². The molecule has 8 heteroatoms. The fourth-order valence-electron chi connectivity index (χ4n) is 5.26. The Balaban J connectivity index is 1.62. The van der Waals surface area contributed by atoms with Gasteiger partial charge in [-0.1, -0.05) is 0 Å². The highest BCUT2D eigenvalue weighted by atomic mass is 19.1. The molecule has 1 saturated carbocycles. The number of rotatable bonds is 3. The molecule has 2 N–H and O–H groups in total. The van der Waals surface area contributed by atoms with Crippen LogP contribution in [-0.4, -0.2) is 64.4 Å². The predicted octanol–water partition coefficient (Wildman–Crippen LogP) is 1.72. The maximum atomic E-state index is 14.9. The van der Waals surface area contributed by atoms with Gasteiger partial charge in [0, 0.05) is 31.2 Å². The largest absolute Gasteiger partial charge is 0.477 e. The number of carbonyl (C=O) groups excluding carboxylic acids is 1. The van der Waals surface area contributed by atoms with Crippen LogP contribution in [-0.2, 0) is 9.59 Å². The molecule has 0 aromatic heterocycles. The second kappa shape index (κ2) is 6.40. The van der Waals surface area contributed by atoms with Crippen molar-refractivity contribution in [1.29, 1.82) is 0 Å². The van der Waals surface area contributed by atoms with Crippen LogP contribution in [0.4, 0.5) is 8.78 Å². The molecule has 0 spiro atoms. The highest BCUT2D eigenvalue weighted by molar-refractivity contribution is 6.19. The number of carbonyl (C=O) groups is 2. The van der Waals surface area contributed by atoms with E-state index in [-0.39, 0.29) is 17.7 Å². The minimum atomic E-state index is -1.32. The van der Waals surface area contributed by atoms with Crippen LogP contribution in [0, 0.1) is 11.8 Å². The van der Waals surface area contributed by atoms with Crippen molar-refractivity contribution >= 4 is 11.8 Å². The zero-order chi connectivity index (χ0) is 19.6. The molecule has 4 unspecified atom stereocenters. The summed E-state index contributed by atoms with van der Waals surface area (Å²) >= 11 is 0. The van der Waals surface area contributed by atoms with Crippen molar-refractivity contribution < 1.29 is 23.5 Å². The van der Waals surface area contributed by atoms with Crippen molar-refractivity contribution in [3.63, 3.8) is 0 Å². The van der Waals surface area contributed by atoms with E-state index in [1.807, 2.05) is 4.90 Å². The zero-order valence-electron chi connectivity index (χ0n) is 15.4. The summed E-state index contributed by atoms with van der Waals surface area (Å²) in [6.07, 6.45) is 5.63. The Morgan fingerprint density at radius 1 is 1.21 bits per heavy atom. The summed E-state index contributed by atoms with van der Waals surface area (Å²) in [5, 5.41) is 13.3. The molecule has 0 aromatic rings. The van der Waals surface area contributed by atoms with Crippen LogP contribution < -0.4 is 5.32 Å². The molecular weight excluding hydrogens is 368 g/mol. The monoisotopic (exact) mass is 391 g/mol. The first-order valence-corrected chi connectivity index (χ1v) is 9.98. The van der Waals surface area contributed by atoms with Crippen molar-refractivity contribution in [3.8, 4) is 0 Å². The molecule has 2 saturated heterocycles. The van der Waals surface area contributed by atoms with Gasteiger partial charge in [0.2, 0.25) is 0 Å². The fraction of sp³-hybridized carbons (Fsp3) is 0.600. The topological polar surface area (TPSA) is 72.9 Å². The van der Waals surface area contributed by atoms with Gasteiger partial charge >= 0.3 is 5.97 Å². The van der Waals surface area contributed by atoms with Crippen molar-refractivity contribution in [1.82, 2.24) is 15.1 Å². The van der Waals surface area contributed by atoms with Crippen molar-refractivity contribution in [2.24, 2.45) is 11.8 Å². The summed E-state index contributed by atoms with van der Waals surface area (Å²) in [6.45, 7) is 2.17. The predicted molar refractivity (Wildman–Crippen MR) is 96.3 cm³/mol. The molecule has 0 bridgehead atoms. The van der Waals surface area contributed by atoms with Gasteiger partial charge in [-0.2, -0.15) is 0 Å². The molecule has 0 aromatic carbocycles. The first-order chi connectivity index (χ1) is 13.5. The molecule has 5 rings (SSSR count). The van der Waals surface area contributed by atoms with Gasteiger partial charge in [-0.3, -0.25) is 4.79 Å². The Morgan fingerprint density at radius 2 is 2.00 bits per heavy atom. The molecule has 0 amide bonds. The lowest BCUT2D eigenvalue weighted by atomic mass is 9.81. The number of piperidine rings is 1. The van der Waals surface area contributed by atoms with Gasteiger partial charge in [-0.15, -0.1) is 0 Å². The number of carboxylic acid groups (broad SMARTS) is 1. The number of nitrogens with zero attached hydrogens (tertiary/aromatic N) is 2. The van der Waals surface area contributed by atoms with Crippen LogP contribution in [0.2, 0.25) is 0 Å². The van der Waals surface area contributed by atoms with Gasteiger partial charge in [0.05, 0.1) is 12.0 Å². The van der Waals surface area contributed by atoms with E-state index in [0.717, 1.165) is 44.4 Å². The maximum absolute atomic E-state index is 14.9. The van der Waals surface area contributed by atoms with Crippen LogP contribution in [0.1, 0.15) is 25.7 Å². The molecule has 0 radical (unpaired) electrons. The number of likely N-dealkylation sites (tertiary alicyclic amines) is 1. The van der Waals surface area contributed by atoms with Gasteiger partial charge in [-0.05, 0) is 44.2 Å². The molecule has 28 heavy (non-hydrogen) atoms. The number of carboxylic acids is 1. The zero-order valence-corrected chi connectivity index (χ0v) is 15.4. The molecule has 3 aliphatic heterocycles. The van der Waals surface area contributed by atoms with E-state index in [4.69, 9.17) is 0 Å². The third-order valence-corrected chi connectivity index (χ3v) is 6.61. The van der Waals surface area contributed by atoms with Gasteiger partial charge in [0.15, 0.2) is 5.78 Å². The minimum absolute atomic E-state index is 0.0192. The number of nitrogens with one attached hydrogen (secondary N) is 1. The molecule has 3 fully saturated rings. The van der Waals surface area contributed by atoms with Gasteiger partial charge < -0.3 is 20.2 Å². The summed E-state index contributed by atoms with van der Waals surface area (Å²) < 4.78 is 28.7. The first-order valence-electron chi connectivity index (χ1n) is 9.98. The maximum Gasteiger partial charge on any atom is 0.343 e. The number of halogens is 2. The van der Waals surface area contributed by atoms with Gasteiger partial charge in [0.1, 0.15) is 23.0 Å². The Labute approximate surface area is 161 Å². The van der Waals surface area contributed by atoms with E-state index < -0.39 is 35.4 Å². The van der Waals surface area contributed by atoms with E-state index in [2.05, 4.69) is 5.32 Å². The van der Waals surface area contributed by atoms with Crippen LogP contribution in [0.15, 0.2) is 35.2 Å². The average Bonchev–Trinajstić information content (AvgIpc) is 3.39. The normalized spacial score (nSPS) is 35.4. The van der Waals surface area contributed by atoms with Crippen molar-refractivity contribution in [2.75, 3.05) is 19.6 Å². The fourth-order valence-corrected chi connectivity index (χ4v) is 5.26. The third-order valence-electron chi connectivity index (χ3n) is 6.61. The lowest BCUT2D eigenvalue weighted by molar-refractivity contribution is -0.136. The molecule has 5 aliphatic rings. The van der Waals surface area contributed by atoms with Crippen LogP contribution in [0.5, 0.6) is 0 Å². The molecule has 6 nitrogen and oxygen atoms in total. The Bertz CT molecular complexity index is 819. The Morgan fingerprint density at radius 3 is 2.68 bits per heavy atom. The number of hydrogen-bond acceptors (Lipinski definition) is 5. The lowest BCUT2D eigenvalue weighted by Crippen LogP contribution is -2.55. The first kappa shape index (κ1) is 17.8. The van der Waals surface area contributed by atoms with Crippen LogP contribution in [0.3, 0.4) is 0 Å². The average molecular weight is 391 g/mol. The Kier molecular flexibility index (Phi) is 4.08. The quantitative estimate of drug-likeness (QED) is 0.714. The highest BCUT2D eigenvalue weighted by Crippen LogP contribution is 2.46. The second-order valence-corrected chi connectivity index (χ2v) is 8.43. The molecule has 3 heterocycles. The summed E-state index contributed by atoms with van der Waals surface area (Å²) in [5.41, 5.74) is -0.328.